The third-order valence-corrected chi connectivity index (χ3v) is 3.35. The summed E-state index contributed by atoms with van der Waals surface area (Å²) in [5, 5.41) is 13.9. The first-order valence-electron chi connectivity index (χ1n) is 6.58. The number of aromatic nitrogens is 2. The molecule has 2 unspecified atom stereocenters. The molecule has 0 spiro atoms. The monoisotopic (exact) mass is 260 g/mol. The van der Waals surface area contributed by atoms with Crippen LogP contribution in [0, 0.1) is 12.8 Å². The van der Waals surface area contributed by atoms with Crippen molar-refractivity contribution in [2.45, 2.75) is 39.7 Å². The van der Waals surface area contributed by atoms with Crippen LogP contribution in [0.4, 0.5) is 0 Å². The third kappa shape index (κ3) is 2.84. The average molecular weight is 260 g/mol. The molecule has 0 radical (unpaired) electrons. The highest BCUT2D eigenvalue weighted by atomic mass is 16.5. The van der Waals surface area contributed by atoms with Crippen molar-refractivity contribution in [3.05, 3.63) is 35.7 Å². The highest BCUT2D eigenvalue weighted by molar-refractivity contribution is 5.59. The molecular weight excluding hydrogens is 240 g/mol. The zero-order valence-corrected chi connectivity index (χ0v) is 11.8. The Morgan fingerprint density at radius 2 is 1.84 bits per heavy atom. The minimum Gasteiger partial charge on any atom is -0.393 e. The molecule has 0 amide bonds. The van der Waals surface area contributed by atoms with Crippen LogP contribution in [-0.2, 0) is 0 Å². The average Bonchev–Trinajstić information content (AvgIpc) is 2.77. The maximum Gasteiger partial charge on any atom is 0.232 e. The normalized spacial score (nSPS) is 14.6. The molecule has 0 bridgehead atoms. The molecule has 4 nitrogen and oxygen atoms in total. The van der Waals surface area contributed by atoms with E-state index in [1.54, 1.807) is 6.92 Å². The van der Waals surface area contributed by atoms with Gasteiger partial charge in [0.15, 0.2) is 0 Å². The van der Waals surface area contributed by atoms with Crippen molar-refractivity contribution in [1.29, 1.82) is 0 Å². The van der Waals surface area contributed by atoms with E-state index in [0.29, 0.717) is 11.7 Å². The van der Waals surface area contributed by atoms with E-state index in [4.69, 9.17) is 4.52 Å². The number of nitrogens with zero attached hydrogens (tertiary/aromatic N) is 2. The molecule has 0 saturated carbocycles. The fourth-order valence-corrected chi connectivity index (χ4v) is 2.35. The highest BCUT2D eigenvalue weighted by Gasteiger charge is 2.27. The molecule has 1 aromatic carbocycles. The first-order chi connectivity index (χ1) is 9.00. The second-order valence-electron chi connectivity index (χ2n) is 5.28. The number of hydrogen-bond donors (Lipinski definition) is 1. The van der Waals surface area contributed by atoms with E-state index in [1.165, 1.54) is 0 Å². The maximum absolute atomic E-state index is 9.84. The number of aryl methyl sites for hydroxylation is 1. The van der Waals surface area contributed by atoms with E-state index < -0.39 is 6.10 Å². The quantitative estimate of drug-likeness (QED) is 0.917. The number of rotatable bonds is 4. The Labute approximate surface area is 113 Å². The van der Waals surface area contributed by atoms with E-state index in [1.807, 2.05) is 45.0 Å². The van der Waals surface area contributed by atoms with E-state index in [9.17, 15) is 5.11 Å². The van der Waals surface area contributed by atoms with Gasteiger partial charge >= 0.3 is 0 Å². The molecule has 4 heteroatoms. The Morgan fingerprint density at radius 3 is 2.42 bits per heavy atom. The molecule has 0 saturated heterocycles. The summed E-state index contributed by atoms with van der Waals surface area (Å²) in [7, 11) is 0. The van der Waals surface area contributed by atoms with Gasteiger partial charge in [0.2, 0.25) is 11.7 Å². The molecule has 1 aromatic heterocycles. The van der Waals surface area contributed by atoms with Gasteiger partial charge in [-0.3, -0.25) is 0 Å². The molecular formula is C15H20N2O2. The van der Waals surface area contributed by atoms with Crippen LogP contribution >= 0.6 is 0 Å². The second kappa shape index (κ2) is 5.53. The van der Waals surface area contributed by atoms with Gasteiger partial charge < -0.3 is 9.63 Å². The van der Waals surface area contributed by atoms with Crippen LogP contribution < -0.4 is 0 Å². The van der Waals surface area contributed by atoms with Gasteiger partial charge in [-0.15, -0.1) is 0 Å². The highest BCUT2D eigenvalue weighted by Crippen LogP contribution is 2.29. The Kier molecular flexibility index (Phi) is 4.00. The Balaban J connectivity index is 2.36. The first-order valence-corrected chi connectivity index (χ1v) is 6.58. The predicted molar refractivity (Wildman–Crippen MR) is 73.7 cm³/mol. The van der Waals surface area contributed by atoms with Crippen molar-refractivity contribution in [2.24, 2.45) is 5.92 Å². The lowest BCUT2D eigenvalue weighted by Crippen LogP contribution is -2.20. The fourth-order valence-electron chi connectivity index (χ4n) is 2.35. The number of aliphatic hydroxyl groups is 1. The van der Waals surface area contributed by atoms with Gasteiger partial charge in [0, 0.05) is 5.56 Å². The van der Waals surface area contributed by atoms with Crippen LogP contribution in [0.5, 0.6) is 0 Å². The van der Waals surface area contributed by atoms with E-state index in [0.717, 1.165) is 11.1 Å². The van der Waals surface area contributed by atoms with E-state index >= 15 is 0 Å². The Morgan fingerprint density at radius 1 is 1.16 bits per heavy atom. The molecule has 0 aliphatic heterocycles. The summed E-state index contributed by atoms with van der Waals surface area (Å²) in [6.07, 6.45) is -0.509. The Hall–Kier alpha value is -1.68. The smallest absolute Gasteiger partial charge is 0.232 e. The third-order valence-electron chi connectivity index (χ3n) is 3.35. The SMILES string of the molecule is Cc1ccccc1-c1noc(C(C(C)C)C(C)O)n1. The standard InChI is InChI=1S/C15H20N2O2/c1-9(2)13(11(4)18)15-16-14(17-19-15)12-8-6-5-7-10(12)3/h5-9,11,13,18H,1-4H3. The van der Waals surface area contributed by atoms with Gasteiger partial charge in [0.05, 0.1) is 12.0 Å². The molecule has 2 rings (SSSR count). The lowest BCUT2D eigenvalue weighted by atomic mass is 9.91. The number of benzene rings is 1. The Bertz CT molecular complexity index is 539. The van der Waals surface area contributed by atoms with Crippen LogP contribution in [0.2, 0.25) is 0 Å². The molecule has 2 atom stereocenters. The summed E-state index contributed by atoms with van der Waals surface area (Å²) in [4.78, 5) is 4.45. The fraction of sp³-hybridized carbons (Fsp3) is 0.467. The maximum atomic E-state index is 9.84. The lowest BCUT2D eigenvalue weighted by Gasteiger charge is -2.19. The van der Waals surface area contributed by atoms with Crippen LogP contribution in [0.1, 0.15) is 38.1 Å². The summed E-state index contributed by atoms with van der Waals surface area (Å²) >= 11 is 0. The zero-order valence-electron chi connectivity index (χ0n) is 11.8. The van der Waals surface area contributed by atoms with E-state index in [2.05, 4.69) is 10.1 Å². The molecule has 102 valence electrons. The van der Waals surface area contributed by atoms with Crippen molar-refractivity contribution in [3.63, 3.8) is 0 Å². The minimum atomic E-state index is -0.509. The summed E-state index contributed by atoms with van der Waals surface area (Å²) in [6.45, 7) is 7.84. The van der Waals surface area contributed by atoms with Crippen LogP contribution in [0.25, 0.3) is 11.4 Å². The predicted octanol–water partition coefficient (Wildman–Crippen LogP) is 3.17. The molecule has 19 heavy (non-hydrogen) atoms. The lowest BCUT2D eigenvalue weighted by molar-refractivity contribution is 0.120. The zero-order chi connectivity index (χ0) is 14.0. The van der Waals surface area contributed by atoms with Crippen molar-refractivity contribution in [1.82, 2.24) is 10.1 Å². The second-order valence-corrected chi connectivity index (χ2v) is 5.28. The van der Waals surface area contributed by atoms with Gasteiger partial charge in [0.1, 0.15) is 0 Å². The number of hydrogen-bond acceptors (Lipinski definition) is 4. The van der Waals surface area contributed by atoms with Gasteiger partial charge in [-0.05, 0) is 25.3 Å². The van der Waals surface area contributed by atoms with Crippen LogP contribution in [-0.4, -0.2) is 21.4 Å². The van der Waals surface area contributed by atoms with Crippen LogP contribution in [0.15, 0.2) is 28.8 Å². The summed E-state index contributed by atoms with van der Waals surface area (Å²) < 4.78 is 5.34. The molecule has 0 aliphatic rings. The molecule has 0 fully saturated rings. The summed E-state index contributed by atoms with van der Waals surface area (Å²) in [6, 6.07) is 7.91. The molecule has 0 aliphatic carbocycles. The van der Waals surface area contributed by atoms with E-state index in [-0.39, 0.29) is 11.8 Å². The summed E-state index contributed by atoms with van der Waals surface area (Å²) in [5.74, 6) is 1.19. The van der Waals surface area contributed by atoms with Gasteiger partial charge in [-0.25, -0.2) is 0 Å². The molecule has 1 N–H and O–H groups in total. The van der Waals surface area contributed by atoms with Gasteiger partial charge in [-0.2, -0.15) is 4.98 Å². The number of aliphatic hydroxyl groups excluding tert-OH is 1. The summed E-state index contributed by atoms with van der Waals surface area (Å²) in [5.41, 5.74) is 2.07. The molecule has 2 aromatic rings. The van der Waals surface area contributed by atoms with Gasteiger partial charge in [-0.1, -0.05) is 43.3 Å². The van der Waals surface area contributed by atoms with Crippen molar-refractivity contribution < 1.29 is 9.63 Å². The minimum absolute atomic E-state index is 0.134. The van der Waals surface area contributed by atoms with Gasteiger partial charge in [0.25, 0.3) is 0 Å². The van der Waals surface area contributed by atoms with Crippen LogP contribution in [0.3, 0.4) is 0 Å². The topological polar surface area (TPSA) is 59.2 Å². The molecule has 1 heterocycles. The largest absolute Gasteiger partial charge is 0.393 e. The van der Waals surface area contributed by atoms with Crippen molar-refractivity contribution >= 4 is 0 Å². The first kappa shape index (κ1) is 13.7. The van der Waals surface area contributed by atoms with Crippen molar-refractivity contribution in [2.75, 3.05) is 0 Å². The van der Waals surface area contributed by atoms with Crippen molar-refractivity contribution in [3.8, 4) is 11.4 Å².